The number of nitrogens with zero attached hydrogens (tertiary/aromatic N) is 1. The zero-order valence-corrected chi connectivity index (χ0v) is 12.9. The van der Waals surface area contributed by atoms with Crippen molar-refractivity contribution in [3.05, 3.63) is 24.3 Å². The van der Waals surface area contributed by atoms with Crippen LogP contribution in [0, 0.1) is 5.92 Å². The maximum Gasteiger partial charge on any atom is 0.121 e. The van der Waals surface area contributed by atoms with Crippen molar-refractivity contribution in [3.63, 3.8) is 0 Å². The molecule has 1 aromatic rings. The van der Waals surface area contributed by atoms with E-state index in [1.165, 1.54) is 5.69 Å². The van der Waals surface area contributed by atoms with Crippen molar-refractivity contribution in [1.29, 1.82) is 0 Å². The number of anilines is 1. The van der Waals surface area contributed by atoms with Crippen molar-refractivity contribution in [2.45, 2.75) is 33.3 Å². The zero-order valence-electron chi connectivity index (χ0n) is 12.9. The summed E-state index contributed by atoms with van der Waals surface area (Å²) in [6.45, 7) is 8.54. The lowest BCUT2D eigenvalue weighted by Crippen LogP contribution is -2.33. The average Bonchev–Trinajstić information content (AvgIpc) is 2.37. The third kappa shape index (κ3) is 5.97. The molecule has 0 aliphatic rings. The Morgan fingerprint density at radius 2 is 1.95 bits per heavy atom. The summed E-state index contributed by atoms with van der Waals surface area (Å²) in [7, 11) is 4.08. The van der Waals surface area contributed by atoms with Crippen molar-refractivity contribution in [2.24, 2.45) is 5.92 Å². The highest BCUT2D eigenvalue weighted by molar-refractivity contribution is 5.49. The van der Waals surface area contributed by atoms with Gasteiger partial charge in [-0.3, -0.25) is 0 Å². The van der Waals surface area contributed by atoms with Crippen molar-refractivity contribution in [2.75, 3.05) is 32.1 Å². The van der Waals surface area contributed by atoms with Gasteiger partial charge in [-0.05, 0) is 31.0 Å². The van der Waals surface area contributed by atoms with E-state index >= 15 is 0 Å². The number of benzene rings is 1. The van der Waals surface area contributed by atoms with Gasteiger partial charge in [0.1, 0.15) is 11.9 Å². The van der Waals surface area contributed by atoms with E-state index in [1.807, 2.05) is 26.2 Å². The Kier molecular flexibility index (Phi) is 6.71. The first-order valence-electron chi connectivity index (χ1n) is 7.17. The Bertz CT molecular complexity index is 364. The maximum atomic E-state index is 6.05. The van der Waals surface area contributed by atoms with Crippen LogP contribution in [0.5, 0.6) is 5.75 Å². The number of hydrogen-bond acceptors (Lipinski definition) is 3. The molecule has 1 rings (SSSR count). The van der Waals surface area contributed by atoms with E-state index in [-0.39, 0.29) is 6.10 Å². The van der Waals surface area contributed by atoms with E-state index in [0.717, 1.165) is 25.3 Å². The highest BCUT2D eigenvalue weighted by atomic mass is 16.5. The summed E-state index contributed by atoms with van der Waals surface area (Å²) >= 11 is 0. The smallest absolute Gasteiger partial charge is 0.121 e. The Labute approximate surface area is 118 Å². The van der Waals surface area contributed by atoms with Gasteiger partial charge >= 0.3 is 0 Å². The molecule has 0 spiro atoms. The molecule has 0 heterocycles. The van der Waals surface area contributed by atoms with Gasteiger partial charge in [0.15, 0.2) is 0 Å². The van der Waals surface area contributed by atoms with Gasteiger partial charge in [-0.25, -0.2) is 0 Å². The van der Waals surface area contributed by atoms with E-state index in [0.29, 0.717) is 5.92 Å². The Morgan fingerprint density at radius 3 is 2.53 bits per heavy atom. The van der Waals surface area contributed by atoms with Gasteiger partial charge in [0.05, 0.1) is 0 Å². The van der Waals surface area contributed by atoms with Crippen LogP contribution in [-0.2, 0) is 0 Å². The summed E-state index contributed by atoms with van der Waals surface area (Å²) in [5.41, 5.74) is 1.17. The second-order valence-electron chi connectivity index (χ2n) is 5.59. The minimum Gasteiger partial charge on any atom is -0.489 e. The summed E-state index contributed by atoms with van der Waals surface area (Å²) in [5.74, 6) is 1.62. The first-order chi connectivity index (χ1) is 9.02. The number of rotatable bonds is 8. The van der Waals surface area contributed by atoms with Crippen LogP contribution < -0.4 is 15.0 Å². The molecular weight excluding hydrogens is 236 g/mol. The van der Waals surface area contributed by atoms with Crippen molar-refractivity contribution in [3.8, 4) is 5.75 Å². The van der Waals surface area contributed by atoms with E-state index in [4.69, 9.17) is 4.74 Å². The normalized spacial score (nSPS) is 12.5. The molecule has 108 valence electrons. The van der Waals surface area contributed by atoms with Crippen LogP contribution in [0.15, 0.2) is 24.3 Å². The van der Waals surface area contributed by atoms with Gasteiger partial charge in [0.2, 0.25) is 0 Å². The Morgan fingerprint density at radius 1 is 1.21 bits per heavy atom. The first-order valence-corrected chi connectivity index (χ1v) is 7.17. The van der Waals surface area contributed by atoms with Crippen LogP contribution in [0.2, 0.25) is 0 Å². The summed E-state index contributed by atoms with van der Waals surface area (Å²) in [6, 6.07) is 8.24. The molecule has 1 atom stereocenters. The summed E-state index contributed by atoms with van der Waals surface area (Å²) < 4.78 is 6.05. The molecule has 0 amide bonds. The van der Waals surface area contributed by atoms with Crippen LogP contribution in [-0.4, -0.2) is 33.3 Å². The fraction of sp³-hybridized carbons (Fsp3) is 0.625. The van der Waals surface area contributed by atoms with Crippen LogP contribution in [0.4, 0.5) is 5.69 Å². The molecule has 0 radical (unpaired) electrons. The average molecular weight is 264 g/mol. The molecule has 1 aromatic carbocycles. The molecule has 0 saturated heterocycles. The largest absolute Gasteiger partial charge is 0.489 e. The Balaban J connectivity index is 2.52. The zero-order chi connectivity index (χ0) is 14.3. The predicted molar refractivity (Wildman–Crippen MR) is 83.2 cm³/mol. The molecule has 3 heteroatoms. The topological polar surface area (TPSA) is 24.5 Å². The predicted octanol–water partition coefficient (Wildman–Crippen LogP) is 3.16. The van der Waals surface area contributed by atoms with Crippen LogP contribution >= 0.6 is 0 Å². The summed E-state index contributed by atoms with van der Waals surface area (Å²) in [5, 5.41) is 3.46. The third-order valence-electron chi connectivity index (χ3n) is 3.02. The van der Waals surface area contributed by atoms with Gasteiger partial charge in [-0.2, -0.15) is 0 Å². The molecule has 0 aliphatic heterocycles. The molecule has 0 fully saturated rings. The van der Waals surface area contributed by atoms with Gasteiger partial charge in [-0.15, -0.1) is 0 Å². The highest BCUT2D eigenvalue weighted by Crippen LogP contribution is 2.20. The van der Waals surface area contributed by atoms with Crippen LogP contribution in [0.3, 0.4) is 0 Å². The highest BCUT2D eigenvalue weighted by Gasteiger charge is 2.08. The van der Waals surface area contributed by atoms with Crippen molar-refractivity contribution >= 4 is 5.69 Å². The molecule has 19 heavy (non-hydrogen) atoms. The lowest BCUT2D eigenvalue weighted by atomic mass is 10.2. The molecule has 0 aliphatic carbocycles. The minimum atomic E-state index is 0.233. The summed E-state index contributed by atoms with van der Waals surface area (Å²) in [4.78, 5) is 2.09. The van der Waals surface area contributed by atoms with Crippen LogP contribution in [0.25, 0.3) is 0 Å². The standard InChI is InChI=1S/C16H28N2O/c1-6-15(12-17-11-13(2)3)19-16-9-7-8-14(10-16)18(4)5/h7-10,13,15,17H,6,11-12H2,1-5H3. The van der Waals surface area contributed by atoms with Gasteiger partial charge in [-0.1, -0.05) is 26.8 Å². The molecule has 1 N–H and O–H groups in total. The van der Waals surface area contributed by atoms with E-state index in [9.17, 15) is 0 Å². The SMILES string of the molecule is CCC(CNCC(C)C)Oc1cccc(N(C)C)c1. The number of nitrogens with one attached hydrogen (secondary N) is 1. The minimum absolute atomic E-state index is 0.233. The lowest BCUT2D eigenvalue weighted by molar-refractivity contribution is 0.192. The summed E-state index contributed by atoms with van der Waals surface area (Å²) in [6.07, 6.45) is 1.24. The third-order valence-corrected chi connectivity index (χ3v) is 3.02. The maximum absolute atomic E-state index is 6.05. The second-order valence-corrected chi connectivity index (χ2v) is 5.59. The van der Waals surface area contributed by atoms with Gasteiger partial charge in [0.25, 0.3) is 0 Å². The molecule has 0 bridgehead atoms. The quantitative estimate of drug-likeness (QED) is 0.780. The fourth-order valence-electron chi connectivity index (χ4n) is 1.83. The van der Waals surface area contributed by atoms with Crippen LogP contribution in [0.1, 0.15) is 27.2 Å². The number of hydrogen-bond donors (Lipinski definition) is 1. The van der Waals surface area contributed by atoms with Gasteiger partial charge in [0, 0.05) is 32.4 Å². The van der Waals surface area contributed by atoms with E-state index < -0.39 is 0 Å². The monoisotopic (exact) mass is 264 g/mol. The molecule has 0 aromatic heterocycles. The molecule has 1 unspecified atom stereocenters. The fourth-order valence-corrected chi connectivity index (χ4v) is 1.83. The second kappa shape index (κ2) is 8.05. The Hall–Kier alpha value is -1.22. The van der Waals surface area contributed by atoms with Crippen molar-refractivity contribution < 1.29 is 4.74 Å². The number of ether oxygens (including phenoxy) is 1. The molecular formula is C16H28N2O. The molecule has 0 saturated carbocycles. The van der Waals surface area contributed by atoms with E-state index in [2.05, 4.69) is 43.1 Å². The lowest BCUT2D eigenvalue weighted by Gasteiger charge is -2.20. The first kappa shape index (κ1) is 15.8. The van der Waals surface area contributed by atoms with Crippen molar-refractivity contribution in [1.82, 2.24) is 5.32 Å². The van der Waals surface area contributed by atoms with Gasteiger partial charge < -0.3 is 15.0 Å². The molecule has 3 nitrogen and oxygen atoms in total. The van der Waals surface area contributed by atoms with E-state index in [1.54, 1.807) is 0 Å².